The van der Waals surface area contributed by atoms with Crippen LogP contribution in [0.1, 0.15) is 46.5 Å². The summed E-state index contributed by atoms with van der Waals surface area (Å²) in [6, 6.07) is 0. The van der Waals surface area contributed by atoms with E-state index in [0.29, 0.717) is 11.3 Å². The third-order valence-corrected chi connectivity index (χ3v) is 3.85. The Hall–Kier alpha value is -0.140. The molecule has 0 unspecified atom stereocenters. The van der Waals surface area contributed by atoms with E-state index in [-0.39, 0.29) is 18.3 Å². The molecule has 2 saturated carbocycles. The van der Waals surface area contributed by atoms with Crippen molar-refractivity contribution in [1.29, 1.82) is 0 Å². The molecule has 2 aliphatic rings. The lowest BCUT2D eigenvalue weighted by Crippen LogP contribution is -2.55. The summed E-state index contributed by atoms with van der Waals surface area (Å²) in [6.07, 6.45) is 2.39. The van der Waals surface area contributed by atoms with Crippen LogP contribution >= 0.6 is 0 Å². The smallest absolute Gasteiger partial charge is 0.207 e. The SMILES string of the molecule is CC(C)(C)C1CC2(C1)CC(F)(F)C2. The Balaban J connectivity index is 1.87. The molecule has 0 aliphatic heterocycles. The van der Waals surface area contributed by atoms with Gasteiger partial charge in [0.2, 0.25) is 5.92 Å². The van der Waals surface area contributed by atoms with E-state index in [2.05, 4.69) is 20.8 Å². The molecule has 2 rings (SSSR count). The fourth-order valence-corrected chi connectivity index (χ4v) is 2.93. The zero-order chi connectivity index (χ0) is 9.91. The molecule has 0 aromatic heterocycles. The van der Waals surface area contributed by atoms with E-state index in [4.69, 9.17) is 0 Å². The van der Waals surface area contributed by atoms with E-state index in [1.54, 1.807) is 0 Å². The second-order valence-electron chi connectivity index (χ2n) is 6.18. The van der Waals surface area contributed by atoms with Gasteiger partial charge >= 0.3 is 0 Å². The topological polar surface area (TPSA) is 0 Å². The zero-order valence-electron chi connectivity index (χ0n) is 8.66. The van der Waals surface area contributed by atoms with Gasteiger partial charge in [-0.05, 0) is 29.6 Å². The molecule has 1 spiro atoms. The largest absolute Gasteiger partial charge is 0.249 e. The maximum atomic E-state index is 12.7. The second kappa shape index (κ2) is 2.26. The number of alkyl halides is 2. The number of hydrogen-bond donors (Lipinski definition) is 0. The molecule has 0 bridgehead atoms. The predicted octanol–water partition coefficient (Wildman–Crippen LogP) is 3.86. The van der Waals surface area contributed by atoms with Crippen LogP contribution in [0.5, 0.6) is 0 Å². The lowest BCUT2D eigenvalue weighted by Gasteiger charge is -2.60. The van der Waals surface area contributed by atoms with Gasteiger partial charge in [-0.25, -0.2) is 8.78 Å². The van der Waals surface area contributed by atoms with E-state index in [0.717, 1.165) is 12.8 Å². The van der Waals surface area contributed by atoms with Crippen LogP contribution in [-0.2, 0) is 0 Å². The van der Waals surface area contributed by atoms with E-state index >= 15 is 0 Å². The van der Waals surface area contributed by atoms with Crippen LogP contribution in [0.2, 0.25) is 0 Å². The summed E-state index contributed by atoms with van der Waals surface area (Å²) in [6.45, 7) is 6.63. The minimum Gasteiger partial charge on any atom is -0.207 e. The Morgan fingerprint density at radius 3 is 1.85 bits per heavy atom. The Labute approximate surface area is 78.7 Å². The normalized spacial score (nSPS) is 31.2. The molecule has 2 fully saturated rings. The van der Waals surface area contributed by atoms with Crippen LogP contribution in [0.15, 0.2) is 0 Å². The fraction of sp³-hybridized carbons (Fsp3) is 1.00. The highest BCUT2D eigenvalue weighted by molar-refractivity contribution is 5.08. The molecular formula is C11H18F2. The van der Waals surface area contributed by atoms with Crippen molar-refractivity contribution in [1.82, 2.24) is 0 Å². The minimum absolute atomic E-state index is 0.0570. The van der Waals surface area contributed by atoms with Crippen LogP contribution in [0, 0.1) is 16.7 Å². The molecule has 0 atom stereocenters. The lowest BCUT2D eigenvalue weighted by molar-refractivity contribution is -0.218. The van der Waals surface area contributed by atoms with Gasteiger partial charge in [0, 0.05) is 12.8 Å². The monoisotopic (exact) mass is 188 g/mol. The maximum absolute atomic E-state index is 12.7. The van der Waals surface area contributed by atoms with E-state index in [9.17, 15) is 8.78 Å². The molecule has 0 heterocycles. The molecule has 13 heavy (non-hydrogen) atoms. The number of hydrogen-bond acceptors (Lipinski definition) is 0. The molecule has 0 aromatic carbocycles. The Morgan fingerprint density at radius 2 is 1.54 bits per heavy atom. The maximum Gasteiger partial charge on any atom is 0.249 e. The van der Waals surface area contributed by atoms with Gasteiger partial charge < -0.3 is 0 Å². The van der Waals surface area contributed by atoms with Crippen molar-refractivity contribution in [2.75, 3.05) is 0 Å². The van der Waals surface area contributed by atoms with Gasteiger partial charge in [0.15, 0.2) is 0 Å². The Kier molecular flexibility index (Phi) is 1.64. The number of rotatable bonds is 0. The molecule has 0 amide bonds. The van der Waals surface area contributed by atoms with Crippen molar-refractivity contribution < 1.29 is 8.78 Å². The quantitative estimate of drug-likeness (QED) is 0.541. The summed E-state index contributed by atoms with van der Waals surface area (Å²) in [5, 5.41) is 0. The highest BCUT2D eigenvalue weighted by Gasteiger charge is 2.62. The molecule has 2 heteroatoms. The average molecular weight is 188 g/mol. The third-order valence-electron chi connectivity index (χ3n) is 3.85. The summed E-state index contributed by atoms with van der Waals surface area (Å²) < 4.78 is 25.4. The molecule has 2 aliphatic carbocycles. The Bertz CT molecular complexity index is 209. The lowest BCUT2D eigenvalue weighted by atomic mass is 9.46. The van der Waals surface area contributed by atoms with Crippen LogP contribution in [-0.4, -0.2) is 5.92 Å². The third kappa shape index (κ3) is 1.49. The van der Waals surface area contributed by atoms with Gasteiger partial charge in [-0.2, -0.15) is 0 Å². The summed E-state index contributed by atoms with van der Waals surface area (Å²) >= 11 is 0. The van der Waals surface area contributed by atoms with Crippen LogP contribution in [0.3, 0.4) is 0 Å². The number of halogens is 2. The van der Waals surface area contributed by atoms with Crippen molar-refractivity contribution in [3.63, 3.8) is 0 Å². The van der Waals surface area contributed by atoms with Crippen LogP contribution < -0.4 is 0 Å². The van der Waals surface area contributed by atoms with Gasteiger partial charge in [-0.15, -0.1) is 0 Å². The first-order valence-corrected chi connectivity index (χ1v) is 5.10. The van der Waals surface area contributed by atoms with Crippen LogP contribution in [0.25, 0.3) is 0 Å². The van der Waals surface area contributed by atoms with Crippen molar-refractivity contribution in [3.8, 4) is 0 Å². The standard InChI is InChI=1S/C11H18F2/c1-9(2,3)8-4-10(5-8)6-11(12,13)7-10/h8H,4-7H2,1-3H3. The van der Waals surface area contributed by atoms with Crippen molar-refractivity contribution in [2.24, 2.45) is 16.7 Å². The average Bonchev–Trinajstić information content (AvgIpc) is 1.72. The summed E-state index contributed by atoms with van der Waals surface area (Å²) in [5.41, 5.74) is 0.373. The summed E-state index contributed by atoms with van der Waals surface area (Å²) in [5.74, 6) is -1.66. The van der Waals surface area contributed by atoms with E-state index in [1.165, 1.54) is 0 Å². The highest BCUT2D eigenvalue weighted by Crippen LogP contribution is 2.67. The van der Waals surface area contributed by atoms with Crippen molar-refractivity contribution in [3.05, 3.63) is 0 Å². The van der Waals surface area contributed by atoms with Gasteiger partial charge in [0.1, 0.15) is 0 Å². The molecule has 0 N–H and O–H groups in total. The second-order valence-corrected chi connectivity index (χ2v) is 6.18. The minimum atomic E-state index is -2.33. The molecule has 0 saturated heterocycles. The van der Waals surface area contributed by atoms with E-state index < -0.39 is 5.92 Å². The van der Waals surface area contributed by atoms with Gasteiger partial charge in [-0.3, -0.25) is 0 Å². The molecular weight excluding hydrogens is 170 g/mol. The van der Waals surface area contributed by atoms with E-state index in [1.807, 2.05) is 0 Å². The fourth-order valence-electron chi connectivity index (χ4n) is 2.93. The molecule has 0 radical (unpaired) electrons. The molecule has 0 nitrogen and oxygen atoms in total. The molecule has 0 aromatic rings. The summed E-state index contributed by atoms with van der Waals surface area (Å²) in [4.78, 5) is 0. The van der Waals surface area contributed by atoms with Crippen LogP contribution in [0.4, 0.5) is 8.78 Å². The Morgan fingerprint density at radius 1 is 1.08 bits per heavy atom. The van der Waals surface area contributed by atoms with Crippen molar-refractivity contribution in [2.45, 2.75) is 52.4 Å². The van der Waals surface area contributed by atoms with Gasteiger partial charge in [-0.1, -0.05) is 20.8 Å². The van der Waals surface area contributed by atoms with Crippen molar-refractivity contribution >= 4 is 0 Å². The van der Waals surface area contributed by atoms with Gasteiger partial charge in [0.25, 0.3) is 0 Å². The first-order chi connectivity index (χ1) is 5.73. The predicted molar refractivity (Wildman–Crippen MR) is 48.8 cm³/mol. The summed E-state index contributed by atoms with van der Waals surface area (Å²) in [7, 11) is 0. The zero-order valence-corrected chi connectivity index (χ0v) is 8.66. The highest BCUT2D eigenvalue weighted by atomic mass is 19.3. The molecule has 76 valence electrons. The first kappa shape index (κ1) is 9.42. The van der Waals surface area contributed by atoms with Gasteiger partial charge in [0.05, 0.1) is 0 Å². The first-order valence-electron chi connectivity index (χ1n) is 5.10.